The zero-order valence-electron chi connectivity index (χ0n) is 50.0. The van der Waals surface area contributed by atoms with Gasteiger partial charge < -0.3 is 9.47 Å². The van der Waals surface area contributed by atoms with Gasteiger partial charge in [0.05, 0.1) is 11.0 Å². The Hall–Kier alpha value is -9.76. The highest BCUT2D eigenvalue weighted by Crippen LogP contribution is 2.51. The summed E-state index contributed by atoms with van der Waals surface area (Å²) in [7, 11) is 0. The van der Waals surface area contributed by atoms with Gasteiger partial charge in [0.2, 0.25) is 0 Å². The molecule has 2 heteroatoms. The molecular weight excluding hydrogens is 1020 g/mol. The highest BCUT2D eigenvalue weighted by Gasteiger charge is 2.36. The lowest BCUT2D eigenvalue weighted by Gasteiger charge is -2.28. The molecule has 85 heavy (non-hydrogen) atoms. The molecule has 0 bridgehead atoms. The van der Waals surface area contributed by atoms with Gasteiger partial charge in [0, 0.05) is 38.9 Å². The Kier molecular flexibility index (Phi) is 13.1. The predicted octanol–water partition coefficient (Wildman–Crippen LogP) is 23.2. The standard InChI is InChI=1S/C83H70N2/c1-81(2,3)67-48-64(62-28-20-27-61(46-62)60-26-19-25-59(45-60)56-23-13-10-14-24-56)47-65(49-67)66-50-68(82(4,5)6)53-72(51-66)85-79-32-18-16-30-75(79)76-52-63(37-44-80(76)85)58-35-40-70(41-36-58)84(69-38-33-57(34-39-69)55-21-11-9-12-22-55)71-42-43-74-73-29-15-17-31-77(73)83(7,8)78(74)54-71/h9-54H,1-8H3. The third kappa shape index (κ3) is 9.86. The van der Waals surface area contributed by atoms with Gasteiger partial charge >= 0.3 is 0 Å². The van der Waals surface area contributed by atoms with Crippen LogP contribution < -0.4 is 4.90 Å². The van der Waals surface area contributed by atoms with Crippen molar-refractivity contribution in [2.24, 2.45) is 0 Å². The number of hydrogen-bond donors (Lipinski definition) is 0. The molecule has 0 saturated heterocycles. The van der Waals surface area contributed by atoms with Crippen molar-refractivity contribution < 1.29 is 0 Å². The molecule has 14 rings (SSSR count). The summed E-state index contributed by atoms with van der Waals surface area (Å²) in [4.78, 5) is 2.42. The van der Waals surface area contributed by atoms with E-state index in [2.05, 4.69) is 344 Å². The maximum absolute atomic E-state index is 2.50. The first-order valence-electron chi connectivity index (χ1n) is 30.0. The van der Waals surface area contributed by atoms with Crippen LogP contribution in [-0.4, -0.2) is 4.57 Å². The molecule has 1 aromatic heterocycles. The van der Waals surface area contributed by atoms with E-state index in [4.69, 9.17) is 0 Å². The van der Waals surface area contributed by atoms with Crippen molar-refractivity contribution in [1.29, 1.82) is 0 Å². The first kappa shape index (κ1) is 53.3. The molecule has 0 spiro atoms. The van der Waals surface area contributed by atoms with Gasteiger partial charge in [-0.05, 0) is 196 Å². The number of benzene rings is 12. The predicted molar refractivity (Wildman–Crippen MR) is 363 cm³/mol. The van der Waals surface area contributed by atoms with Gasteiger partial charge in [-0.1, -0.05) is 250 Å². The van der Waals surface area contributed by atoms with Crippen LogP contribution in [-0.2, 0) is 16.2 Å². The van der Waals surface area contributed by atoms with Gasteiger partial charge in [0.15, 0.2) is 0 Å². The normalized spacial score (nSPS) is 12.8. The summed E-state index contributed by atoms with van der Waals surface area (Å²) in [5.74, 6) is 0. The van der Waals surface area contributed by atoms with Crippen LogP contribution in [0, 0.1) is 0 Å². The van der Waals surface area contributed by atoms with Gasteiger partial charge in [-0.2, -0.15) is 0 Å². The highest BCUT2D eigenvalue weighted by atomic mass is 15.1. The van der Waals surface area contributed by atoms with Crippen molar-refractivity contribution in [1.82, 2.24) is 4.57 Å². The summed E-state index contributed by atoms with van der Waals surface area (Å²) in [6.45, 7) is 18.7. The number of fused-ring (bicyclic) bond motifs is 6. The molecular formula is C83H70N2. The molecule has 412 valence electrons. The minimum Gasteiger partial charge on any atom is -0.310 e. The molecule has 1 aliphatic carbocycles. The van der Waals surface area contributed by atoms with Crippen molar-refractivity contribution in [2.45, 2.75) is 71.6 Å². The molecule has 0 aliphatic heterocycles. The number of nitrogens with zero attached hydrogens (tertiary/aromatic N) is 2. The zero-order chi connectivity index (χ0) is 58.2. The second-order valence-corrected chi connectivity index (χ2v) is 25.9. The zero-order valence-corrected chi connectivity index (χ0v) is 50.0. The number of rotatable bonds is 10. The van der Waals surface area contributed by atoms with E-state index >= 15 is 0 Å². The third-order valence-electron chi connectivity index (χ3n) is 17.9. The number of aromatic nitrogens is 1. The van der Waals surface area contributed by atoms with E-state index in [1.54, 1.807) is 0 Å². The van der Waals surface area contributed by atoms with Gasteiger partial charge in [0.25, 0.3) is 0 Å². The topological polar surface area (TPSA) is 8.17 Å². The minimum atomic E-state index is -0.123. The van der Waals surface area contributed by atoms with Crippen LogP contribution in [0.3, 0.4) is 0 Å². The van der Waals surface area contributed by atoms with Crippen LogP contribution in [0.5, 0.6) is 0 Å². The van der Waals surface area contributed by atoms with E-state index < -0.39 is 0 Å². The fourth-order valence-electron chi connectivity index (χ4n) is 13.1. The van der Waals surface area contributed by atoms with Crippen LogP contribution in [0.1, 0.15) is 77.6 Å². The number of hydrogen-bond acceptors (Lipinski definition) is 1. The number of para-hydroxylation sites is 1. The highest BCUT2D eigenvalue weighted by molar-refractivity contribution is 6.10. The summed E-state index contributed by atoms with van der Waals surface area (Å²) in [6.07, 6.45) is 0. The van der Waals surface area contributed by atoms with Gasteiger partial charge in [-0.3, -0.25) is 0 Å². The maximum atomic E-state index is 2.50. The average molecular weight is 1100 g/mol. The largest absolute Gasteiger partial charge is 0.310 e. The van der Waals surface area contributed by atoms with Gasteiger partial charge in [-0.25, -0.2) is 0 Å². The molecule has 1 heterocycles. The first-order valence-corrected chi connectivity index (χ1v) is 30.0. The Morgan fingerprint density at radius 2 is 0.694 bits per heavy atom. The molecule has 0 atom stereocenters. The fraction of sp³-hybridized carbons (Fsp3) is 0.133. The van der Waals surface area contributed by atoms with Gasteiger partial charge in [-0.15, -0.1) is 0 Å². The molecule has 0 radical (unpaired) electrons. The van der Waals surface area contributed by atoms with Crippen molar-refractivity contribution in [3.63, 3.8) is 0 Å². The maximum Gasteiger partial charge on any atom is 0.0541 e. The van der Waals surface area contributed by atoms with E-state index in [1.807, 2.05) is 0 Å². The minimum absolute atomic E-state index is 0.0800. The van der Waals surface area contributed by atoms with Crippen molar-refractivity contribution in [3.8, 4) is 83.6 Å². The Morgan fingerprint density at radius 1 is 0.282 bits per heavy atom. The van der Waals surface area contributed by atoms with Crippen LogP contribution in [0.25, 0.3) is 105 Å². The quantitative estimate of drug-likeness (QED) is 0.132. The first-order chi connectivity index (χ1) is 41.1. The molecule has 0 fully saturated rings. The van der Waals surface area contributed by atoms with E-state index in [1.165, 1.54) is 122 Å². The van der Waals surface area contributed by atoms with E-state index in [0.29, 0.717) is 0 Å². The summed E-state index contributed by atoms with van der Waals surface area (Å²) in [5, 5.41) is 2.46. The fourth-order valence-corrected chi connectivity index (χ4v) is 13.1. The van der Waals surface area contributed by atoms with Crippen LogP contribution in [0.2, 0.25) is 0 Å². The SMILES string of the molecule is CC(C)(C)c1cc(-c2cccc(-c3cccc(-c4ccccc4)c3)c2)cc(-c2cc(-n3c4ccccc4c4cc(-c5ccc(N(c6ccc(-c7ccccc7)cc6)c6ccc7c(c6)C(C)(C)c6ccccc6-7)cc5)ccc43)cc(C(C)(C)C)c2)c1. The molecule has 2 nitrogen and oxygen atoms in total. The monoisotopic (exact) mass is 1090 g/mol. The molecule has 12 aromatic carbocycles. The Balaban J connectivity index is 0.843. The van der Waals surface area contributed by atoms with E-state index in [0.717, 1.165) is 22.7 Å². The van der Waals surface area contributed by atoms with Crippen LogP contribution in [0.15, 0.2) is 279 Å². The molecule has 13 aromatic rings. The van der Waals surface area contributed by atoms with Crippen molar-refractivity contribution in [3.05, 3.63) is 301 Å². The molecule has 1 aliphatic rings. The lowest BCUT2D eigenvalue weighted by molar-refractivity contribution is 0.589. The smallest absolute Gasteiger partial charge is 0.0541 e. The second-order valence-electron chi connectivity index (χ2n) is 25.9. The summed E-state index contributed by atoms with van der Waals surface area (Å²) in [5.41, 5.74) is 29.0. The lowest BCUT2D eigenvalue weighted by atomic mass is 9.81. The van der Waals surface area contributed by atoms with Crippen molar-refractivity contribution in [2.75, 3.05) is 4.90 Å². The van der Waals surface area contributed by atoms with Crippen LogP contribution >= 0.6 is 0 Å². The Morgan fingerprint density at radius 3 is 1.32 bits per heavy atom. The summed E-state index contributed by atoms with van der Waals surface area (Å²) < 4.78 is 2.50. The average Bonchev–Trinajstić information content (AvgIpc) is 2.48. The third-order valence-corrected chi connectivity index (χ3v) is 17.9. The molecule has 0 N–H and O–H groups in total. The van der Waals surface area contributed by atoms with E-state index in [-0.39, 0.29) is 16.2 Å². The Bertz CT molecular complexity index is 4660. The summed E-state index contributed by atoms with van der Waals surface area (Å²) >= 11 is 0. The second kappa shape index (κ2) is 20.8. The van der Waals surface area contributed by atoms with Crippen LogP contribution in [0.4, 0.5) is 17.1 Å². The molecule has 0 amide bonds. The van der Waals surface area contributed by atoms with Gasteiger partial charge in [0.1, 0.15) is 0 Å². The Labute approximate surface area is 502 Å². The van der Waals surface area contributed by atoms with Crippen molar-refractivity contribution >= 4 is 38.9 Å². The molecule has 0 unspecified atom stereocenters. The lowest BCUT2D eigenvalue weighted by Crippen LogP contribution is -2.16. The molecule has 0 saturated carbocycles. The van der Waals surface area contributed by atoms with E-state index in [9.17, 15) is 0 Å². The number of anilines is 3. The summed E-state index contributed by atoms with van der Waals surface area (Å²) in [6, 6.07) is 104.